The minimum absolute atomic E-state index is 0.193. The summed E-state index contributed by atoms with van der Waals surface area (Å²) in [5.41, 5.74) is -1.37. The van der Waals surface area contributed by atoms with Crippen LogP contribution >= 0.6 is 0 Å². The molecule has 0 saturated carbocycles. The van der Waals surface area contributed by atoms with E-state index in [0.717, 1.165) is 25.9 Å². The minimum atomic E-state index is -1.56. The molecule has 0 aromatic heterocycles. The predicted octanol–water partition coefficient (Wildman–Crippen LogP) is 3.40. The highest BCUT2D eigenvalue weighted by Crippen LogP contribution is 2.36. The first-order valence-corrected chi connectivity index (χ1v) is 6.24. The van der Waals surface area contributed by atoms with E-state index >= 15 is 0 Å². The Balaban J connectivity index is 2.10. The molecule has 1 nitrogen and oxygen atoms in total. The zero-order valence-electron chi connectivity index (χ0n) is 10.2. The van der Waals surface area contributed by atoms with Gasteiger partial charge in [-0.25, -0.2) is 8.78 Å². The zero-order chi connectivity index (χ0) is 12.3. The third kappa shape index (κ3) is 3.03. The van der Waals surface area contributed by atoms with E-state index in [1.165, 1.54) is 13.0 Å². The Labute approximate surface area is 101 Å². The van der Waals surface area contributed by atoms with Crippen molar-refractivity contribution in [1.82, 2.24) is 5.32 Å². The van der Waals surface area contributed by atoms with Crippen LogP contribution in [0, 0.1) is 11.7 Å². The number of halogens is 2. The van der Waals surface area contributed by atoms with Crippen molar-refractivity contribution >= 4 is 0 Å². The van der Waals surface area contributed by atoms with Gasteiger partial charge in [0.1, 0.15) is 11.5 Å². The second-order valence-electron chi connectivity index (χ2n) is 5.07. The number of hydrogen-bond acceptors (Lipinski definition) is 1. The summed E-state index contributed by atoms with van der Waals surface area (Å²) < 4.78 is 28.2. The van der Waals surface area contributed by atoms with Crippen molar-refractivity contribution in [3.05, 3.63) is 35.6 Å². The highest BCUT2D eigenvalue weighted by atomic mass is 19.1. The van der Waals surface area contributed by atoms with Gasteiger partial charge in [-0.2, -0.15) is 0 Å². The van der Waals surface area contributed by atoms with Crippen LogP contribution in [0.15, 0.2) is 24.3 Å². The lowest BCUT2D eigenvalue weighted by molar-refractivity contribution is 0.127. The van der Waals surface area contributed by atoms with Crippen LogP contribution in [0.1, 0.15) is 31.7 Å². The van der Waals surface area contributed by atoms with E-state index in [-0.39, 0.29) is 5.56 Å². The number of alkyl halides is 1. The van der Waals surface area contributed by atoms with Gasteiger partial charge in [0.25, 0.3) is 0 Å². The summed E-state index contributed by atoms with van der Waals surface area (Å²) in [6, 6.07) is 6.17. The van der Waals surface area contributed by atoms with Crippen molar-refractivity contribution in [2.45, 2.75) is 31.9 Å². The standard InChI is InChI=1S/C14H19F2N/c1-14(16,10-11-6-8-17-9-7-11)12-4-2-3-5-13(12)15/h2-5,11,17H,6-10H2,1H3. The smallest absolute Gasteiger partial charge is 0.136 e. The third-order valence-corrected chi connectivity index (χ3v) is 3.57. The van der Waals surface area contributed by atoms with Gasteiger partial charge in [0.2, 0.25) is 0 Å². The molecule has 1 saturated heterocycles. The molecule has 1 atom stereocenters. The van der Waals surface area contributed by atoms with Crippen molar-refractivity contribution in [3.63, 3.8) is 0 Å². The van der Waals surface area contributed by atoms with Gasteiger partial charge in [-0.15, -0.1) is 0 Å². The summed E-state index contributed by atoms with van der Waals surface area (Å²) in [5.74, 6) is -0.0858. The van der Waals surface area contributed by atoms with Gasteiger partial charge in [-0.1, -0.05) is 18.2 Å². The molecule has 1 fully saturated rings. The van der Waals surface area contributed by atoms with Gasteiger partial charge in [0, 0.05) is 5.56 Å². The Hall–Kier alpha value is -0.960. The molecule has 1 N–H and O–H groups in total. The fourth-order valence-corrected chi connectivity index (χ4v) is 2.62. The lowest BCUT2D eigenvalue weighted by Gasteiger charge is -2.29. The topological polar surface area (TPSA) is 12.0 Å². The highest BCUT2D eigenvalue weighted by Gasteiger charge is 2.32. The fraction of sp³-hybridized carbons (Fsp3) is 0.571. The van der Waals surface area contributed by atoms with Gasteiger partial charge >= 0.3 is 0 Å². The van der Waals surface area contributed by atoms with E-state index in [1.54, 1.807) is 18.2 Å². The number of rotatable bonds is 3. The Morgan fingerprint density at radius 2 is 1.94 bits per heavy atom. The minimum Gasteiger partial charge on any atom is -0.317 e. The van der Waals surface area contributed by atoms with Crippen LogP contribution in [-0.2, 0) is 5.67 Å². The van der Waals surface area contributed by atoms with Gasteiger partial charge in [-0.05, 0) is 51.3 Å². The maximum atomic E-state index is 14.6. The molecule has 2 rings (SSSR count). The van der Waals surface area contributed by atoms with Gasteiger partial charge in [-0.3, -0.25) is 0 Å². The average molecular weight is 239 g/mol. The molecule has 1 unspecified atom stereocenters. The molecule has 1 heterocycles. The van der Waals surface area contributed by atoms with E-state index in [2.05, 4.69) is 5.32 Å². The van der Waals surface area contributed by atoms with E-state index < -0.39 is 11.5 Å². The molecule has 1 aliphatic heterocycles. The summed E-state index contributed by atoms with van der Waals surface area (Å²) in [7, 11) is 0. The van der Waals surface area contributed by atoms with E-state index in [9.17, 15) is 8.78 Å². The highest BCUT2D eigenvalue weighted by molar-refractivity contribution is 5.23. The van der Waals surface area contributed by atoms with E-state index in [4.69, 9.17) is 0 Å². The number of nitrogens with one attached hydrogen (secondary N) is 1. The lowest BCUT2D eigenvalue weighted by Crippen LogP contribution is -2.31. The Morgan fingerprint density at radius 1 is 1.29 bits per heavy atom. The van der Waals surface area contributed by atoms with Crippen LogP contribution < -0.4 is 5.32 Å². The SMILES string of the molecule is CC(F)(CC1CCNCC1)c1ccccc1F. The second kappa shape index (κ2) is 5.13. The molecule has 17 heavy (non-hydrogen) atoms. The Bertz CT molecular complexity index is 370. The van der Waals surface area contributed by atoms with Crippen LogP contribution in [0.5, 0.6) is 0 Å². The normalized spacial score (nSPS) is 21.1. The molecule has 3 heteroatoms. The summed E-state index contributed by atoms with van der Waals surface area (Å²) in [5, 5.41) is 3.26. The molecule has 1 aliphatic rings. The van der Waals surface area contributed by atoms with E-state index in [1.807, 2.05) is 0 Å². The average Bonchev–Trinajstić information content (AvgIpc) is 2.30. The molecule has 0 bridgehead atoms. The summed E-state index contributed by atoms with van der Waals surface area (Å²) in [6.45, 7) is 3.38. The van der Waals surface area contributed by atoms with Crippen LogP contribution in [0.2, 0.25) is 0 Å². The van der Waals surface area contributed by atoms with E-state index in [0.29, 0.717) is 12.3 Å². The molecule has 0 radical (unpaired) electrons. The second-order valence-corrected chi connectivity index (χ2v) is 5.07. The third-order valence-electron chi connectivity index (χ3n) is 3.57. The van der Waals surface area contributed by atoms with Crippen LogP contribution in [0.4, 0.5) is 8.78 Å². The number of benzene rings is 1. The summed E-state index contributed by atoms with van der Waals surface area (Å²) >= 11 is 0. The molecule has 1 aromatic carbocycles. The van der Waals surface area contributed by atoms with Crippen molar-refractivity contribution < 1.29 is 8.78 Å². The number of hydrogen-bond donors (Lipinski definition) is 1. The molecule has 0 spiro atoms. The quantitative estimate of drug-likeness (QED) is 0.852. The maximum Gasteiger partial charge on any atom is 0.136 e. The first-order chi connectivity index (χ1) is 8.09. The molecule has 0 aliphatic carbocycles. The van der Waals surface area contributed by atoms with Gasteiger partial charge in [0.15, 0.2) is 0 Å². The lowest BCUT2D eigenvalue weighted by atomic mass is 9.83. The summed E-state index contributed by atoms with van der Waals surface area (Å²) in [4.78, 5) is 0. The first kappa shape index (κ1) is 12.5. The summed E-state index contributed by atoms with van der Waals surface area (Å²) in [6.07, 6.45) is 2.37. The van der Waals surface area contributed by atoms with Crippen molar-refractivity contribution in [2.75, 3.05) is 13.1 Å². The fourth-order valence-electron chi connectivity index (χ4n) is 2.62. The largest absolute Gasteiger partial charge is 0.317 e. The first-order valence-electron chi connectivity index (χ1n) is 6.24. The Morgan fingerprint density at radius 3 is 2.59 bits per heavy atom. The van der Waals surface area contributed by atoms with Crippen LogP contribution in [-0.4, -0.2) is 13.1 Å². The zero-order valence-corrected chi connectivity index (χ0v) is 10.2. The maximum absolute atomic E-state index is 14.6. The van der Waals surface area contributed by atoms with Crippen LogP contribution in [0.25, 0.3) is 0 Å². The van der Waals surface area contributed by atoms with Crippen molar-refractivity contribution in [2.24, 2.45) is 5.92 Å². The Kier molecular flexibility index (Phi) is 3.77. The predicted molar refractivity (Wildman–Crippen MR) is 65.1 cm³/mol. The monoisotopic (exact) mass is 239 g/mol. The molecular formula is C14H19F2N. The van der Waals surface area contributed by atoms with Gasteiger partial charge in [0.05, 0.1) is 0 Å². The van der Waals surface area contributed by atoms with Crippen molar-refractivity contribution in [3.8, 4) is 0 Å². The molecule has 0 amide bonds. The molecule has 1 aromatic rings. The number of piperidine rings is 1. The van der Waals surface area contributed by atoms with Gasteiger partial charge < -0.3 is 5.32 Å². The molecular weight excluding hydrogens is 220 g/mol. The van der Waals surface area contributed by atoms with Crippen molar-refractivity contribution in [1.29, 1.82) is 0 Å². The molecule has 94 valence electrons. The van der Waals surface area contributed by atoms with Crippen LogP contribution in [0.3, 0.4) is 0 Å².